The molecule has 9 heteroatoms. The zero-order valence-electron chi connectivity index (χ0n) is 66.2. The van der Waals surface area contributed by atoms with E-state index in [9.17, 15) is 39.6 Å². The zero-order valence-corrected chi connectivity index (χ0v) is 68.4. The predicted octanol–water partition coefficient (Wildman–Crippen LogP) is 26.2. The molecule has 0 unspecified atom stereocenters. The summed E-state index contributed by atoms with van der Waals surface area (Å²) in [5, 5.41) is 41.1. The van der Waals surface area contributed by atoms with Crippen LogP contribution >= 0.6 is 0 Å². The molecule has 0 aliphatic heterocycles. The standard InChI is InChI=1S/4C22H44O2.Pt/c4*1-2-3-4-5-6-7-8-9-10-11-12-13-14-15-16-17-18-19-20-21-22(23)24;/h4*2-21H2,1H3,(H,23,24);/q;;;;+4/p-4. The van der Waals surface area contributed by atoms with E-state index in [0.29, 0.717) is 0 Å². The molecule has 0 aromatic rings. The van der Waals surface area contributed by atoms with E-state index in [1.54, 1.807) is 0 Å². The molecule has 0 heterocycles. The summed E-state index contributed by atoms with van der Waals surface area (Å²) in [5.41, 5.74) is 0. The fourth-order valence-corrected chi connectivity index (χ4v) is 13.4. The molecule has 0 bridgehead atoms. The van der Waals surface area contributed by atoms with Crippen molar-refractivity contribution in [2.24, 2.45) is 0 Å². The number of rotatable bonds is 80. The van der Waals surface area contributed by atoms with Gasteiger partial charge in [0.15, 0.2) is 0 Å². The summed E-state index contributed by atoms with van der Waals surface area (Å²) in [6.45, 7) is 9.12. The second kappa shape index (κ2) is 101. The molecule has 0 aromatic heterocycles. The van der Waals surface area contributed by atoms with Crippen molar-refractivity contribution in [2.75, 3.05) is 0 Å². The van der Waals surface area contributed by atoms with Crippen LogP contribution in [0, 0.1) is 0 Å². The maximum atomic E-state index is 10.3. The van der Waals surface area contributed by atoms with E-state index in [0.717, 1.165) is 51.4 Å². The fourth-order valence-electron chi connectivity index (χ4n) is 13.4. The van der Waals surface area contributed by atoms with E-state index in [-0.39, 0.29) is 46.7 Å². The number of hydrogen-bond donors (Lipinski definition) is 0. The van der Waals surface area contributed by atoms with Crippen LogP contribution in [0.25, 0.3) is 0 Å². The van der Waals surface area contributed by atoms with Gasteiger partial charge in [0.2, 0.25) is 0 Å². The predicted molar refractivity (Wildman–Crippen MR) is 412 cm³/mol. The molecular weight excluding hydrogens is 1380 g/mol. The van der Waals surface area contributed by atoms with Crippen molar-refractivity contribution in [2.45, 2.75) is 541 Å². The van der Waals surface area contributed by atoms with Crippen molar-refractivity contribution in [3.63, 3.8) is 0 Å². The molecule has 0 N–H and O–H groups in total. The van der Waals surface area contributed by atoms with E-state index >= 15 is 0 Å². The molecule has 97 heavy (non-hydrogen) atoms. The Balaban J connectivity index is -0.000000386. The number of unbranched alkanes of at least 4 members (excludes halogenated alkanes) is 72. The Bertz CT molecular complexity index is 1220. The molecule has 0 aliphatic rings. The van der Waals surface area contributed by atoms with Gasteiger partial charge in [-0.2, -0.15) is 0 Å². The first-order valence-corrected chi connectivity index (χ1v) is 43.9. The Morgan fingerprint density at radius 1 is 0.134 bits per heavy atom. The minimum atomic E-state index is -0.901. The smallest absolute Gasteiger partial charge is 0.550 e. The van der Waals surface area contributed by atoms with Gasteiger partial charge in [0, 0.05) is 23.9 Å². The van der Waals surface area contributed by atoms with Crippen LogP contribution in [-0.4, -0.2) is 23.9 Å². The van der Waals surface area contributed by atoms with Crippen molar-refractivity contribution in [3.8, 4) is 0 Å². The second-order valence-corrected chi connectivity index (χ2v) is 29.9. The second-order valence-electron chi connectivity index (χ2n) is 29.9. The van der Waals surface area contributed by atoms with E-state index < -0.39 is 23.9 Å². The van der Waals surface area contributed by atoms with Crippen molar-refractivity contribution in [1.29, 1.82) is 0 Å². The molecule has 8 nitrogen and oxygen atoms in total. The van der Waals surface area contributed by atoms with E-state index in [1.165, 1.54) is 437 Å². The normalized spacial score (nSPS) is 10.9. The van der Waals surface area contributed by atoms with Crippen LogP contribution in [0.5, 0.6) is 0 Å². The fraction of sp³-hybridized carbons (Fsp3) is 0.955. The SMILES string of the molecule is CCCCCCCCCCCCCCCCCCCCCC(=O)[O-].CCCCCCCCCCCCCCCCCCCCCC(=O)[O-].CCCCCCCCCCCCCCCCCCCCCC(=O)[O-].CCCCCCCCCCCCCCCCCCCCCC(=O)[O-].[Pt+4]. The average molecular weight is 1550 g/mol. The number of carboxylic acid groups (broad SMARTS) is 4. The number of carboxylic acids is 4. The minimum absolute atomic E-state index is 0. The third-order valence-electron chi connectivity index (χ3n) is 19.9. The molecule has 0 atom stereocenters. The Labute approximate surface area is 622 Å². The first-order valence-electron chi connectivity index (χ1n) is 43.9. The average Bonchev–Trinajstić information content (AvgIpc) is 3.57. The van der Waals surface area contributed by atoms with Gasteiger partial charge in [0.05, 0.1) is 0 Å². The molecule has 0 radical (unpaired) electrons. The van der Waals surface area contributed by atoms with Crippen molar-refractivity contribution >= 4 is 23.9 Å². The maximum absolute atomic E-state index is 10.3. The van der Waals surface area contributed by atoms with Gasteiger partial charge in [-0.3, -0.25) is 0 Å². The van der Waals surface area contributed by atoms with Gasteiger partial charge in [-0.25, -0.2) is 0 Å². The van der Waals surface area contributed by atoms with Crippen LogP contribution in [0.1, 0.15) is 541 Å². The van der Waals surface area contributed by atoms with Crippen molar-refractivity contribution in [3.05, 3.63) is 0 Å². The van der Waals surface area contributed by atoms with Gasteiger partial charge >= 0.3 is 21.1 Å². The Hall–Kier alpha value is -1.43. The van der Waals surface area contributed by atoms with Crippen LogP contribution in [0.15, 0.2) is 0 Å². The summed E-state index contributed by atoms with van der Waals surface area (Å²) >= 11 is 0. The number of aliphatic carboxylic acids is 4. The Morgan fingerprint density at radius 3 is 0.258 bits per heavy atom. The van der Waals surface area contributed by atoms with Crippen molar-refractivity contribution in [1.82, 2.24) is 0 Å². The van der Waals surface area contributed by atoms with Gasteiger partial charge in [-0.05, 0) is 51.4 Å². The first-order chi connectivity index (χ1) is 47.1. The topological polar surface area (TPSA) is 161 Å². The minimum Gasteiger partial charge on any atom is -0.550 e. The first kappa shape index (κ1) is 104. The van der Waals surface area contributed by atoms with Crippen LogP contribution in [-0.2, 0) is 40.2 Å². The molecule has 0 saturated carbocycles. The number of hydrogen-bond acceptors (Lipinski definition) is 8. The van der Waals surface area contributed by atoms with Gasteiger partial charge in [-0.1, -0.05) is 490 Å². The third-order valence-corrected chi connectivity index (χ3v) is 19.9. The summed E-state index contributed by atoms with van der Waals surface area (Å²) in [7, 11) is 0. The van der Waals surface area contributed by atoms with Gasteiger partial charge < -0.3 is 39.6 Å². The van der Waals surface area contributed by atoms with Crippen LogP contribution in [0.2, 0.25) is 0 Å². The number of carbonyl (C=O) groups excluding carboxylic acids is 4. The molecule has 0 aliphatic carbocycles. The summed E-state index contributed by atoms with van der Waals surface area (Å²) in [5.74, 6) is -3.60. The van der Waals surface area contributed by atoms with Crippen molar-refractivity contribution < 1.29 is 60.7 Å². The van der Waals surface area contributed by atoms with E-state index in [4.69, 9.17) is 0 Å². The summed E-state index contributed by atoms with van der Waals surface area (Å²) in [6.07, 6.45) is 103. The summed E-state index contributed by atoms with van der Waals surface area (Å²) < 4.78 is 0. The molecule has 0 rings (SSSR count). The molecule has 0 amide bonds. The molecule has 0 aromatic carbocycles. The van der Waals surface area contributed by atoms with Gasteiger partial charge in [0.1, 0.15) is 0 Å². The third kappa shape index (κ3) is 119. The van der Waals surface area contributed by atoms with E-state index in [2.05, 4.69) is 27.7 Å². The quantitative estimate of drug-likeness (QED) is 0.0544. The summed E-state index contributed by atoms with van der Waals surface area (Å²) in [6, 6.07) is 0. The largest absolute Gasteiger partial charge is 4.00 e. The Kier molecular flexibility index (Phi) is 108. The van der Waals surface area contributed by atoms with Gasteiger partial charge in [0.25, 0.3) is 0 Å². The molecule has 0 fully saturated rings. The zero-order chi connectivity index (χ0) is 70.9. The Morgan fingerprint density at radius 2 is 0.196 bits per heavy atom. The monoisotopic (exact) mass is 1550 g/mol. The van der Waals surface area contributed by atoms with Gasteiger partial charge in [-0.15, -0.1) is 0 Å². The molecule has 0 saturated heterocycles. The summed E-state index contributed by atoms with van der Waals surface area (Å²) in [4.78, 5) is 41.1. The molecule has 582 valence electrons. The van der Waals surface area contributed by atoms with E-state index in [1.807, 2.05) is 0 Å². The van der Waals surface area contributed by atoms with Crippen LogP contribution in [0.4, 0.5) is 0 Å². The number of carbonyl (C=O) groups is 4. The van der Waals surface area contributed by atoms with Crippen LogP contribution < -0.4 is 20.4 Å². The molecular formula is C88H172O8Pt. The molecule has 0 spiro atoms. The maximum Gasteiger partial charge on any atom is 4.00 e. The van der Waals surface area contributed by atoms with Crippen LogP contribution in [0.3, 0.4) is 0 Å².